The summed E-state index contributed by atoms with van der Waals surface area (Å²) in [6.45, 7) is 4.15. The highest BCUT2D eigenvalue weighted by atomic mass is 35.5. The van der Waals surface area contributed by atoms with E-state index < -0.39 is 0 Å². The number of aromatic nitrogens is 3. The third kappa shape index (κ3) is 3.43. The summed E-state index contributed by atoms with van der Waals surface area (Å²) in [5.74, 6) is 1.49. The first kappa shape index (κ1) is 16.8. The number of nitrogens with zero attached hydrogens (tertiary/aromatic N) is 2. The molecule has 0 aliphatic rings. The van der Waals surface area contributed by atoms with Gasteiger partial charge in [0.2, 0.25) is 0 Å². The molecule has 0 radical (unpaired) electrons. The van der Waals surface area contributed by atoms with Crippen LogP contribution >= 0.6 is 12.4 Å². The van der Waals surface area contributed by atoms with E-state index in [2.05, 4.69) is 28.8 Å². The van der Waals surface area contributed by atoms with Crippen LogP contribution in [0.15, 0.2) is 41.5 Å². The highest BCUT2D eigenvalue weighted by molar-refractivity contribution is 5.85. The maximum Gasteiger partial charge on any atom is 0.268 e. The molecule has 0 fully saturated rings. The van der Waals surface area contributed by atoms with Crippen LogP contribution in [0.25, 0.3) is 11.2 Å². The van der Waals surface area contributed by atoms with Crippen molar-refractivity contribution in [1.82, 2.24) is 15.0 Å². The number of benzene rings is 1. The van der Waals surface area contributed by atoms with Crippen LogP contribution in [-0.4, -0.2) is 15.0 Å². The molecule has 2 aromatic heterocycles. The van der Waals surface area contributed by atoms with Crippen molar-refractivity contribution < 1.29 is 4.74 Å². The van der Waals surface area contributed by atoms with Gasteiger partial charge in [0.1, 0.15) is 11.3 Å². The number of H-pyrrole nitrogens is 1. The van der Waals surface area contributed by atoms with E-state index in [-0.39, 0.29) is 18.0 Å². The summed E-state index contributed by atoms with van der Waals surface area (Å²) in [5.41, 5.74) is 8.34. The Balaban J connectivity index is 0.00000192. The SMILES string of the molecule is CC(C)c1cc(Oc2ccnc3[nH]c(=O)cnc23)ccc1N.Cl. The molecule has 0 unspecified atom stereocenters. The summed E-state index contributed by atoms with van der Waals surface area (Å²) in [7, 11) is 0. The summed E-state index contributed by atoms with van der Waals surface area (Å²) in [5, 5.41) is 0. The van der Waals surface area contributed by atoms with Gasteiger partial charge in [0, 0.05) is 18.0 Å². The van der Waals surface area contributed by atoms with E-state index in [0.717, 1.165) is 11.3 Å². The highest BCUT2D eigenvalue weighted by Crippen LogP contribution is 2.31. The number of nitrogens with one attached hydrogen (secondary N) is 1. The zero-order valence-electron chi connectivity index (χ0n) is 12.7. The second-order valence-electron chi connectivity index (χ2n) is 5.30. The first-order chi connectivity index (χ1) is 10.5. The van der Waals surface area contributed by atoms with Gasteiger partial charge in [0.05, 0.1) is 6.20 Å². The molecule has 7 heteroatoms. The fraction of sp³-hybridized carbons (Fsp3) is 0.188. The fourth-order valence-corrected chi connectivity index (χ4v) is 2.25. The molecule has 23 heavy (non-hydrogen) atoms. The lowest BCUT2D eigenvalue weighted by molar-refractivity contribution is 0.485. The van der Waals surface area contributed by atoms with Gasteiger partial charge in [-0.15, -0.1) is 12.4 Å². The van der Waals surface area contributed by atoms with Crippen molar-refractivity contribution in [1.29, 1.82) is 0 Å². The Morgan fingerprint density at radius 2 is 2.00 bits per heavy atom. The number of halogens is 1. The highest BCUT2D eigenvalue weighted by Gasteiger charge is 2.10. The quantitative estimate of drug-likeness (QED) is 0.718. The zero-order valence-corrected chi connectivity index (χ0v) is 13.6. The van der Waals surface area contributed by atoms with Crippen LogP contribution in [0.2, 0.25) is 0 Å². The maximum atomic E-state index is 11.3. The third-order valence-electron chi connectivity index (χ3n) is 3.35. The van der Waals surface area contributed by atoms with Crippen molar-refractivity contribution in [2.45, 2.75) is 19.8 Å². The van der Waals surface area contributed by atoms with E-state index >= 15 is 0 Å². The Labute approximate surface area is 139 Å². The van der Waals surface area contributed by atoms with Gasteiger partial charge in [-0.05, 0) is 29.7 Å². The minimum absolute atomic E-state index is 0. The van der Waals surface area contributed by atoms with E-state index in [1.54, 1.807) is 18.3 Å². The van der Waals surface area contributed by atoms with Crippen molar-refractivity contribution >= 4 is 29.3 Å². The van der Waals surface area contributed by atoms with E-state index in [4.69, 9.17) is 10.5 Å². The first-order valence-electron chi connectivity index (χ1n) is 6.96. The van der Waals surface area contributed by atoms with Gasteiger partial charge in [-0.3, -0.25) is 4.79 Å². The zero-order chi connectivity index (χ0) is 15.7. The second-order valence-corrected chi connectivity index (χ2v) is 5.30. The Morgan fingerprint density at radius 1 is 1.22 bits per heavy atom. The Hall–Kier alpha value is -2.60. The number of nitrogen functional groups attached to an aromatic ring is 1. The lowest BCUT2D eigenvalue weighted by Gasteiger charge is -2.13. The van der Waals surface area contributed by atoms with Gasteiger partial charge in [-0.2, -0.15) is 0 Å². The number of hydrogen-bond acceptors (Lipinski definition) is 5. The Bertz CT molecular complexity index is 893. The molecule has 0 saturated carbocycles. The number of aromatic amines is 1. The van der Waals surface area contributed by atoms with Gasteiger partial charge in [-0.1, -0.05) is 13.8 Å². The molecule has 0 amide bonds. The molecule has 6 nitrogen and oxygen atoms in total. The fourth-order valence-electron chi connectivity index (χ4n) is 2.25. The lowest BCUT2D eigenvalue weighted by atomic mass is 10.0. The van der Waals surface area contributed by atoms with Crippen LogP contribution in [0.1, 0.15) is 25.3 Å². The summed E-state index contributed by atoms with van der Waals surface area (Å²) >= 11 is 0. The number of anilines is 1. The van der Waals surface area contributed by atoms with Crippen molar-refractivity contribution in [3.63, 3.8) is 0 Å². The van der Waals surface area contributed by atoms with Crippen LogP contribution in [-0.2, 0) is 0 Å². The molecular formula is C16H17ClN4O2. The maximum absolute atomic E-state index is 11.3. The number of hydrogen-bond donors (Lipinski definition) is 2. The molecular weight excluding hydrogens is 316 g/mol. The van der Waals surface area contributed by atoms with E-state index in [9.17, 15) is 4.79 Å². The standard InChI is InChI=1S/C16H16N4O2.ClH/c1-9(2)11-7-10(3-4-12(11)17)22-13-5-6-18-16-15(13)19-8-14(21)20-16;/h3-9H,17H2,1-2H3,(H,18,20,21);1H. The molecule has 1 aromatic carbocycles. The molecule has 0 bridgehead atoms. The largest absolute Gasteiger partial charge is 0.455 e. The number of nitrogens with two attached hydrogens (primary N) is 1. The van der Waals surface area contributed by atoms with Gasteiger partial charge in [0.15, 0.2) is 11.4 Å². The molecule has 3 N–H and O–H groups in total. The van der Waals surface area contributed by atoms with Crippen LogP contribution in [0.4, 0.5) is 5.69 Å². The van der Waals surface area contributed by atoms with Crippen LogP contribution < -0.4 is 16.0 Å². The van der Waals surface area contributed by atoms with Gasteiger partial charge < -0.3 is 15.5 Å². The molecule has 0 aliphatic carbocycles. The van der Waals surface area contributed by atoms with Crippen molar-refractivity contribution in [2.24, 2.45) is 0 Å². The molecule has 3 rings (SSSR count). The first-order valence-corrected chi connectivity index (χ1v) is 6.96. The number of rotatable bonds is 3. The lowest BCUT2D eigenvalue weighted by Crippen LogP contribution is -2.06. The number of pyridine rings is 1. The minimum atomic E-state index is -0.299. The predicted molar refractivity (Wildman–Crippen MR) is 92.4 cm³/mol. The van der Waals surface area contributed by atoms with Crippen molar-refractivity contribution in [2.75, 3.05) is 5.73 Å². The summed E-state index contributed by atoms with van der Waals surface area (Å²) in [6, 6.07) is 7.25. The van der Waals surface area contributed by atoms with Gasteiger partial charge >= 0.3 is 0 Å². The summed E-state index contributed by atoms with van der Waals surface area (Å²) in [4.78, 5) is 22.1. The number of ether oxygens (including phenoxy) is 1. The second kappa shape index (κ2) is 6.66. The minimum Gasteiger partial charge on any atom is -0.455 e. The van der Waals surface area contributed by atoms with E-state index in [1.807, 2.05) is 12.1 Å². The monoisotopic (exact) mass is 332 g/mol. The molecule has 0 saturated heterocycles. The summed E-state index contributed by atoms with van der Waals surface area (Å²) < 4.78 is 5.90. The molecule has 2 heterocycles. The Kier molecular flexibility index (Phi) is 4.86. The molecule has 0 spiro atoms. The third-order valence-corrected chi connectivity index (χ3v) is 3.35. The molecule has 0 aliphatic heterocycles. The van der Waals surface area contributed by atoms with Crippen LogP contribution in [0.5, 0.6) is 11.5 Å². The topological polar surface area (TPSA) is 93.9 Å². The average molecular weight is 333 g/mol. The molecule has 3 aromatic rings. The van der Waals surface area contributed by atoms with Crippen LogP contribution in [0.3, 0.4) is 0 Å². The summed E-state index contributed by atoms with van der Waals surface area (Å²) in [6.07, 6.45) is 2.77. The molecule has 0 atom stereocenters. The van der Waals surface area contributed by atoms with Crippen molar-refractivity contribution in [3.05, 3.63) is 52.6 Å². The van der Waals surface area contributed by atoms with E-state index in [1.165, 1.54) is 6.20 Å². The van der Waals surface area contributed by atoms with Crippen LogP contribution in [0, 0.1) is 0 Å². The predicted octanol–water partition coefficient (Wildman–Crippen LogP) is 3.24. The number of fused-ring (bicyclic) bond motifs is 1. The Morgan fingerprint density at radius 3 is 2.74 bits per heavy atom. The van der Waals surface area contributed by atoms with Gasteiger partial charge in [-0.25, -0.2) is 9.97 Å². The molecule has 120 valence electrons. The van der Waals surface area contributed by atoms with Crippen molar-refractivity contribution in [3.8, 4) is 11.5 Å². The van der Waals surface area contributed by atoms with Gasteiger partial charge in [0.25, 0.3) is 5.56 Å². The smallest absolute Gasteiger partial charge is 0.268 e. The average Bonchev–Trinajstić information content (AvgIpc) is 2.49. The normalized spacial score (nSPS) is 10.6. The van der Waals surface area contributed by atoms with E-state index in [0.29, 0.717) is 28.6 Å².